The number of aromatic nitrogens is 4. The van der Waals surface area contributed by atoms with Crippen molar-refractivity contribution in [1.82, 2.24) is 20.6 Å². The van der Waals surface area contributed by atoms with E-state index in [-0.39, 0.29) is 12.4 Å². The minimum atomic E-state index is -3.22. The third kappa shape index (κ3) is 3.86. The molecule has 2 aromatic heterocycles. The number of halogens is 2. The highest BCUT2D eigenvalue weighted by Gasteiger charge is 2.23. The van der Waals surface area contributed by atoms with E-state index in [2.05, 4.69) is 25.3 Å². The summed E-state index contributed by atoms with van der Waals surface area (Å²) >= 11 is 0. The molecule has 138 valence electrons. The van der Waals surface area contributed by atoms with Gasteiger partial charge in [0.2, 0.25) is 0 Å². The van der Waals surface area contributed by atoms with Crippen molar-refractivity contribution < 1.29 is 22.8 Å². The zero-order valence-electron chi connectivity index (χ0n) is 14.1. The number of H-pyrrole nitrogens is 1. The number of hydrogen-bond acceptors (Lipinski definition) is 6. The number of hydrogen-bond donors (Lipinski definition) is 1. The fraction of sp³-hybridized carbons (Fsp3) is 0.167. The van der Waals surface area contributed by atoms with Gasteiger partial charge in [0.1, 0.15) is 18.1 Å². The molecule has 9 heteroatoms. The lowest BCUT2D eigenvalue weighted by Crippen LogP contribution is -2.18. The van der Waals surface area contributed by atoms with Gasteiger partial charge in [0.25, 0.3) is 5.88 Å². The summed E-state index contributed by atoms with van der Waals surface area (Å²) in [5, 5.41) is 14.7. The van der Waals surface area contributed by atoms with E-state index in [1.54, 1.807) is 24.4 Å². The monoisotopic (exact) mass is 372 g/mol. The molecule has 1 N–H and O–H groups in total. The molecular formula is C18H14F2N4O3. The van der Waals surface area contributed by atoms with Crippen LogP contribution in [0.4, 0.5) is 8.78 Å². The molecule has 0 unspecified atom stereocenters. The van der Waals surface area contributed by atoms with Crippen molar-refractivity contribution in [1.29, 1.82) is 0 Å². The van der Waals surface area contributed by atoms with Crippen LogP contribution in [0.15, 0.2) is 53.2 Å². The smallest absolute Gasteiger partial charge is 0.394 e. The van der Waals surface area contributed by atoms with Crippen molar-refractivity contribution in [2.75, 3.05) is 0 Å². The SMILES string of the molecule is CC(F)(F)Oc1ccc(-c2ccc3onc(OCc4cn[nH]n4)c3c2)cc1. The summed E-state index contributed by atoms with van der Waals surface area (Å²) in [6.45, 7) is 0.890. The largest absolute Gasteiger partial charge is 0.468 e. The molecule has 0 aliphatic heterocycles. The second-order valence-corrected chi connectivity index (χ2v) is 5.88. The second-order valence-electron chi connectivity index (χ2n) is 5.88. The topological polar surface area (TPSA) is 86.1 Å². The highest BCUT2D eigenvalue weighted by molar-refractivity contribution is 5.87. The molecule has 0 amide bonds. The lowest BCUT2D eigenvalue weighted by Gasteiger charge is -2.13. The maximum absolute atomic E-state index is 12.9. The molecule has 0 bridgehead atoms. The van der Waals surface area contributed by atoms with Gasteiger partial charge < -0.3 is 14.0 Å². The minimum absolute atomic E-state index is 0.0916. The lowest BCUT2D eigenvalue weighted by atomic mass is 10.0. The number of rotatable bonds is 6. The Hall–Kier alpha value is -3.49. The number of ether oxygens (including phenoxy) is 2. The Morgan fingerprint density at radius 2 is 1.89 bits per heavy atom. The third-order valence-corrected chi connectivity index (χ3v) is 3.74. The second kappa shape index (κ2) is 6.67. The Kier molecular flexibility index (Phi) is 4.19. The molecule has 0 radical (unpaired) electrons. The number of nitrogens with zero attached hydrogens (tertiary/aromatic N) is 3. The fourth-order valence-electron chi connectivity index (χ4n) is 2.56. The maximum atomic E-state index is 12.9. The third-order valence-electron chi connectivity index (χ3n) is 3.74. The number of aromatic amines is 1. The van der Waals surface area contributed by atoms with Crippen LogP contribution in [0.5, 0.6) is 11.6 Å². The first-order valence-electron chi connectivity index (χ1n) is 8.02. The van der Waals surface area contributed by atoms with Crippen LogP contribution in [0.2, 0.25) is 0 Å². The van der Waals surface area contributed by atoms with Gasteiger partial charge in [-0.2, -0.15) is 24.2 Å². The zero-order valence-corrected chi connectivity index (χ0v) is 14.1. The van der Waals surface area contributed by atoms with Crippen LogP contribution in [-0.4, -0.2) is 26.7 Å². The molecule has 4 rings (SSSR count). The standard InChI is InChI=1S/C18H14F2N4O3/c1-18(19,20)26-14-5-2-11(3-6-14)12-4-7-16-15(8-12)17(23-27-16)25-10-13-9-21-24-22-13/h2-9H,10H2,1H3,(H,21,22,24). The summed E-state index contributed by atoms with van der Waals surface area (Å²) in [5.41, 5.74) is 2.88. The van der Waals surface area contributed by atoms with Crippen LogP contribution >= 0.6 is 0 Å². The average Bonchev–Trinajstić information content (AvgIpc) is 3.28. The summed E-state index contributed by atoms with van der Waals surface area (Å²) in [7, 11) is 0. The number of benzene rings is 2. The Bertz CT molecular complexity index is 1040. The summed E-state index contributed by atoms with van der Waals surface area (Å²) in [6.07, 6.45) is -1.67. The normalized spacial score (nSPS) is 11.7. The molecule has 0 spiro atoms. The van der Waals surface area contributed by atoms with Gasteiger partial charge in [-0.15, -0.1) is 0 Å². The van der Waals surface area contributed by atoms with Crippen LogP contribution in [0, 0.1) is 0 Å². The molecule has 2 aromatic carbocycles. The van der Waals surface area contributed by atoms with Crippen molar-refractivity contribution in [2.45, 2.75) is 19.6 Å². The van der Waals surface area contributed by atoms with E-state index in [0.29, 0.717) is 29.5 Å². The van der Waals surface area contributed by atoms with E-state index in [0.717, 1.165) is 11.1 Å². The maximum Gasteiger partial charge on any atom is 0.394 e. The molecule has 4 aromatic rings. The first-order chi connectivity index (χ1) is 13.0. The molecule has 0 atom stereocenters. The number of nitrogens with one attached hydrogen (secondary N) is 1. The van der Waals surface area contributed by atoms with Crippen LogP contribution in [0.3, 0.4) is 0 Å². The predicted octanol–water partition coefficient (Wildman–Crippen LogP) is 4.18. The number of alkyl halides is 2. The molecule has 0 aliphatic rings. The van der Waals surface area contributed by atoms with Crippen LogP contribution < -0.4 is 9.47 Å². The van der Waals surface area contributed by atoms with Crippen molar-refractivity contribution in [3.8, 4) is 22.8 Å². The van der Waals surface area contributed by atoms with E-state index in [1.165, 1.54) is 12.1 Å². The fourth-order valence-corrected chi connectivity index (χ4v) is 2.56. The molecule has 27 heavy (non-hydrogen) atoms. The van der Waals surface area contributed by atoms with Gasteiger partial charge in [0.05, 0.1) is 11.6 Å². The van der Waals surface area contributed by atoms with Crippen molar-refractivity contribution in [2.24, 2.45) is 0 Å². The van der Waals surface area contributed by atoms with Crippen molar-refractivity contribution >= 4 is 11.0 Å². The molecule has 0 saturated heterocycles. The van der Waals surface area contributed by atoms with E-state index in [9.17, 15) is 8.78 Å². The summed E-state index contributed by atoms with van der Waals surface area (Å²) in [6, 6.07) is 11.9. The van der Waals surface area contributed by atoms with Crippen LogP contribution in [0.1, 0.15) is 12.6 Å². The predicted molar refractivity (Wildman–Crippen MR) is 91.4 cm³/mol. The zero-order chi connectivity index (χ0) is 18.9. The number of fused-ring (bicyclic) bond motifs is 1. The average molecular weight is 372 g/mol. The molecule has 2 heterocycles. The first kappa shape index (κ1) is 17.0. The van der Waals surface area contributed by atoms with Crippen molar-refractivity contribution in [3.05, 3.63) is 54.4 Å². The quantitative estimate of drug-likeness (QED) is 0.546. The van der Waals surface area contributed by atoms with E-state index >= 15 is 0 Å². The summed E-state index contributed by atoms with van der Waals surface area (Å²) < 4.78 is 41.3. The van der Waals surface area contributed by atoms with Crippen LogP contribution in [0.25, 0.3) is 22.1 Å². The highest BCUT2D eigenvalue weighted by atomic mass is 19.3. The van der Waals surface area contributed by atoms with Gasteiger partial charge in [-0.1, -0.05) is 18.2 Å². The van der Waals surface area contributed by atoms with Gasteiger partial charge in [-0.25, -0.2) is 0 Å². The van der Waals surface area contributed by atoms with Gasteiger partial charge in [0, 0.05) is 6.92 Å². The molecular weight excluding hydrogens is 358 g/mol. The van der Waals surface area contributed by atoms with Gasteiger partial charge in [-0.3, -0.25) is 0 Å². The van der Waals surface area contributed by atoms with Gasteiger partial charge in [0.15, 0.2) is 5.58 Å². The highest BCUT2D eigenvalue weighted by Crippen LogP contribution is 2.31. The summed E-state index contributed by atoms with van der Waals surface area (Å²) in [4.78, 5) is 0. The first-order valence-corrected chi connectivity index (χ1v) is 8.02. The summed E-state index contributed by atoms with van der Waals surface area (Å²) in [5.74, 6) is 0.425. The Balaban J connectivity index is 1.58. The van der Waals surface area contributed by atoms with Crippen LogP contribution in [-0.2, 0) is 6.61 Å². The van der Waals surface area contributed by atoms with Gasteiger partial charge >= 0.3 is 6.11 Å². The molecule has 0 fully saturated rings. The van der Waals surface area contributed by atoms with Crippen molar-refractivity contribution in [3.63, 3.8) is 0 Å². The molecule has 0 saturated carbocycles. The van der Waals surface area contributed by atoms with E-state index in [4.69, 9.17) is 9.26 Å². The molecule has 7 nitrogen and oxygen atoms in total. The van der Waals surface area contributed by atoms with Gasteiger partial charge in [-0.05, 0) is 40.5 Å². The Labute approximate surface area is 151 Å². The van der Waals surface area contributed by atoms with E-state index < -0.39 is 6.11 Å². The molecule has 0 aliphatic carbocycles. The lowest BCUT2D eigenvalue weighted by molar-refractivity contribution is -0.158. The Morgan fingerprint density at radius 1 is 1.11 bits per heavy atom. The van der Waals surface area contributed by atoms with E-state index in [1.807, 2.05) is 12.1 Å². The Morgan fingerprint density at radius 3 is 2.59 bits per heavy atom. The minimum Gasteiger partial charge on any atom is -0.468 e.